The van der Waals surface area contributed by atoms with E-state index in [2.05, 4.69) is 34.3 Å². The number of thioether (sulfide) groups is 1. The highest BCUT2D eigenvalue weighted by Crippen LogP contribution is 2.26. The second kappa shape index (κ2) is 6.76. The van der Waals surface area contributed by atoms with Crippen LogP contribution in [0.15, 0.2) is 24.3 Å². The molecule has 1 amide bonds. The minimum Gasteiger partial charge on any atom is -0.324 e. The van der Waals surface area contributed by atoms with Gasteiger partial charge in [-0.05, 0) is 25.3 Å². The van der Waals surface area contributed by atoms with Crippen LogP contribution in [0.2, 0.25) is 0 Å². The van der Waals surface area contributed by atoms with Crippen LogP contribution in [0.4, 0.5) is 5.69 Å². The minimum atomic E-state index is -0.101. The summed E-state index contributed by atoms with van der Waals surface area (Å²) in [4.78, 5) is 16.5. The van der Waals surface area contributed by atoms with Gasteiger partial charge in [-0.1, -0.05) is 26.0 Å². The van der Waals surface area contributed by atoms with Crippen LogP contribution in [0, 0.1) is 0 Å². The molecular weight excluding hydrogens is 284 g/mol. The summed E-state index contributed by atoms with van der Waals surface area (Å²) in [5.74, 6) is 1.70. The van der Waals surface area contributed by atoms with Crippen LogP contribution in [-0.2, 0) is 4.79 Å². The van der Waals surface area contributed by atoms with E-state index in [0.717, 1.165) is 17.1 Å². The Morgan fingerprint density at radius 2 is 2.00 bits per heavy atom. The molecule has 0 radical (unpaired) electrons. The number of anilines is 1. The topological polar surface area (TPSA) is 70.7 Å². The van der Waals surface area contributed by atoms with Crippen molar-refractivity contribution in [2.24, 2.45) is 0 Å². The van der Waals surface area contributed by atoms with Gasteiger partial charge in [-0.3, -0.25) is 9.89 Å². The van der Waals surface area contributed by atoms with Gasteiger partial charge in [0, 0.05) is 11.5 Å². The normalized spacial score (nSPS) is 12.4. The molecule has 0 aliphatic carbocycles. The Kier molecular flexibility index (Phi) is 5.01. The zero-order chi connectivity index (χ0) is 15.4. The summed E-state index contributed by atoms with van der Waals surface area (Å²) in [6.07, 6.45) is 1.92. The third-order valence-electron chi connectivity index (χ3n) is 3.20. The summed E-state index contributed by atoms with van der Waals surface area (Å²) in [5, 5.41) is 10.0. The van der Waals surface area contributed by atoms with Gasteiger partial charge in [0.05, 0.1) is 10.9 Å². The summed E-state index contributed by atoms with van der Waals surface area (Å²) in [6, 6.07) is 7.58. The highest BCUT2D eigenvalue weighted by atomic mass is 32.2. The van der Waals surface area contributed by atoms with Gasteiger partial charge >= 0.3 is 0 Å². The smallest absolute Gasteiger partial charge is 0.237 e. The fourth-order valence-electron chi connectivity index (χ4n) is 1.78. The van der Waals surface area contributed by atoms with Crippen molar-refractivity contribution < 1.29 is 4.79 Å². The second-order valence-electron chi connectivity index (χ2n) is 5.11. The van der Waals surface area contributed by atoms with Crippen molar-refractivity contribution in [3.8, 4) is 11.4 Å². The Morgan fingerprint density at radius 3 is 2.62 bits per heavy atom. The minimum absolute atomic E-state index is 0.0189. The Hall–Kier alpha value is -1.82. The van der Waals surface area contributed by atoms with Gasteiger partial charge in [0.2, 0.25) is 5.91 Å². The van der Waals surface area contributed by atoms with Gasteiger partial charge in [-0.15, -0.1) is 0 Å². The molecule has 1 aromatic carbocycles. The lowest BCUT2D eigenvalue weighted by Crippen LogP contribution is -2.22. The quantitative estimate of drug-likeness (QED) is 0.889. The molecule has 0 bridgehead atoms. The van der Waals surface area contributed by atoms with E-state index >= 15 is 0 Å². The molecule has 1 aromatic heterocycles. The van der Waals surface area contributed by atoms with Crippen molar-refractivity contribution in [2.45, 2.75) is 31.9 Å². The number of carbonyl (C=O) groups is 1. The number of benzene rings is 1. The summed E-state index contributed by atoms with van der Waals surface area (Å²) >= 11 is 1.51. The Labute approximate surface area is 128 Å². The number of aromatic amines is 1. The fraction of sp³-hybridized carbons (Fsp3) is 0.400. The van der Waals surface area contributed by atoms with Gasteiger partial charge < -0.3 is 5.32 Å². The fourth-order valence-corrected chi connectivity index (χ4v) is 2.05. The van der Waals surface area contributed by atoms with Crippen molar-refractivity contribution in [3.05, 3.63) is 30.1 Å². The Bertz CT molecular complexity index is 624. The molecule has 1 atom stereocenters. The molecule has 0 spiro atoms. The van der Waals surface area contributed by atoms with Gasteiger partial charge in [0.1, 0.15) is 5.82 Å². The highest BCUT2D eigenvalue weighted by Gasteiger charge is 2.16. The number of hydrogen-bond acceptors (Lipinski definition) is 4. The molecule has 0 aliphatic heterocycles. The molecule has 5 nitrogen and oxygen atoms in total. The van der Waals surface area contributed by atoms with Crippen molar-refractivity contribution in [3.63, 3.8) is 0 Å². The maximum Gasteiger partial charge on any atom is 0.237 e. The average Bonchev–Trinajstić information content (AvgIpc) is 2.96. The first kappa shape index (κ1) is 15.6. The standard InChI is InChI=1S/C15H20N4OS/c1-9(2)13-17-14(19-18-13)11-7-5-6-8-12(11)16-15(20)10(3)21-4/h5-10H,1-4H3,(H,16,20)(H,17,18,19). The molecule has 6 heteroatoms. The first-order valence-corrected chi connectivity index (χ1v) is 8.17. The van der Waals surface area contributed by atoms with E-state index in [1.54, 1.807) is 0 Å². The first-order valence-electron chi connectivity index (χ1n) is 6.88. The third-order valence-corrected chi connectivity index (χ3v) is 4.12. The molecule has 21 heavy (non-hydrogen) atoms. The number of hydrogen-bond donors (Lipinski definition) is 2. The lowest BCUT2D eigenvalue weighted by Gasteiger charge is -2.12. The van der Waals surface area contributed by atoms with E-state index in [1.165, 1.54) is 11.8 Å². The molecule has 2 aromatic rings. The number of para-hydroxylation sites is 1. The number of H-pyrrole nitrogens is 1. The molecule has 0 fully saturated rings. The SMILES string of the molecule is CSC(C)C(=O)Nc1ccccc1-c1n[nH]c(C(C)C)n1. The van der Waals surface area contributed by atoms with E-state index in [0.29, 0.717) is 5.82 Å². The number of amides is 1. The molecule has 0 saturated heterocycles. The summed E-state index contributed by atoms with van der Waals surface area (Å²) in [7, 11) is 0. The van der Waals surface area contributed by atoms with Gasteiger partial charge in [-0.2, -0.15) is 16.9 Å². The monoisotopic (exact) mass is 304 g/mol. The molecular formula is C15H20N4OS. The second-order valence-corrected chi connectivity index (χ2v) is 6.29. The number of aromatic nitrogens is 3. The van der Waals surface area contributed by atoms with Gasteiger partial charge in [0.15, 0.2) is 5.82 Å². The Morgan fingerprint density at radius 1 is 1.29 bits per heavy atom. The largest absolute Gasteiger partial charge is 0.324 e. The third kappa shape index (κ3) is 3.64. The molecule has 2 rings (SSSR count). The maximum absolute atomic E-state index is 12.1. The molecule has 0 aliphatic rings. The highest BCUT2D eigenvalue weighted by molar-refractivity contribution is 7.99. The molecule has 1 heterocycles. The summed E-state index contributed by atoms with van der Waals surface area (Å²) in [6.45, 7) is 5.99. The van der Waals surface area contributed by atoms with E-state index < -0.39 is 0 Å². The molecule has 112 valence electrons. The van der Waals surface area contributed by atoms with Crippen LogP contribution in [0.25, 0.3) is 11.4 Å². The molecule has 2 N–H and O–H groups in total. The van der Waals surface area contributed by atoms with E-state index in [4.69, 9.17) is 0 Å². The predicted molar refractivity (Wildman–Crippen MR) is 87.5 cm³/mol. The van der Waals surface area contributed by atoms with Crippen molar-refractivity contribution in [1.29, 1.82) is 0 Å². The van der Waals surface area contributed by atoms with Crippen LogP contribution >= 0.6 is 11.8 Å². The summed E-state index contributed by atoms with van der Waals surface area (Å²) in [5.41, 5.74) is 1.56. The Balaban J connectivity index is 2.30. The van der Waals surface area contributed by atoms with Gasteiger partial charge in [0.25, 0.3) is 0 Å². The number of carbonyl (C=O) groups excluding carboxylic acids is 1. The van der Waals surface area contributed by atoms with Crippen molar-refractivity contribution in [1.82, 2.24) is 15.2 Å². The van der Waals surface area contributed by atoms with Crippen LogP contribution in [0.5, 0.6) is 0 Å². The van der Waals surface area contributed by atoms with E-state index in [-0.39, 0.29) is 17.1 Å². The molecule has 0 saturated carbocycles. The van der Waals surface area contributed by atoms with Crippen LogP contribution < -0.4 is 5.32 Å². The lowest BCUT2D eigenvalue weighted by molar-refractivity contribution is -0.115. The number of nitrogens with one attached hydrogen (secondary N) is 2. The number of nitrogens with zero attached hydrogens (tertiary/aromatic N) is 2. The summed E-state index contributed by atoms with van der Waals surface area (Å²) < 4.78 is 0. The van der Waals surface area contributed by atoms with E-state index in [9.17, 15) is 4.79 Å². The van der Waals surface area contributed by atoms with Crippen molar-refractivity contribution >= 4 is 23.4 Å². The molecule has 1 unspecified atom stereocenters. The van der Waals surface area contributed by atoms with Crippen LogP contribution in [0.3, 0.4) is 0 Å². The maximum atomic E-state index is 12.1. The van der Waals surface area contributed by atoms with Crippen molar-refractivity contribution in [2.75, 3.05) is 11.6 Å². The predicted octanol–water partition coefficient (Wildman–Crippen LogP) is 3.29. The zero-order valence-electron chi connectivity index (χ0n) is 12.7. The lowest BCUT2D eigenvalue weighted by atomic mass is 10.1. The first-order chi connectivity index (χ1) is 10.0. The number of rotatable bonds is 5. The van der Waals surface area contributed by atoms with E-state index in [1.807, 2.05) is 37.4 Å². The van der Waals surface area contributed by atoms with Gasteiger partial charge in [-0.25, -0.2) is 4.98 Å². The van der Waals surface area contributed by atoms with Crippen LogP contribution in [-0.4, -0.2) is 32.6 Å². The van der Waals surface area contributed by atoms with Crippen LogP contribution in [0.1, 0.15) is 32.5 Å². The zero-order valence-corrected chi connectivity index (χ0v) is 13.5. The average molecular weight is 304 g/mol.